The van der Waals surface area contributed by atoms with E-state index in [1.807, 2.05) is 13.8 Å². The summed E-state index contributed by atoms with van der Waals surface area (Å²) in [6, 6.07) is 6.61. The molecule has 0 saturated heterocycles. The molecule has 1 amide bonds. The molecule has 0 aliphatic rings. The largest absolute Gasteiger partial charge is 0.354 e. The maximum atomic E-state index is 11.5. The van der Waals surface area contributed by atoms with Crippen LogP contribution in [0.25, 0.3) is 0 Å². The molecule has 0 aliphatic carbocycles. The lowest BCUT2D eigenvalue weighted by Gasteiger charge is -2.09. The fourth-order valence-corrected chi connectivity index (χ4v) is 1.61. The molecular weight excluding hydrogens is 198 g/mol. The smallest absolute Gasteiger partial charge is 0.220 e. The van der Waals surface area contributed by atoms with Crippen LogP contribution in [0.1, 0.15) is 37.0 Å². The lowest BCUT2D eigenvalue weighted by atomic mass is 10.0. The van der Waals surface area contributed by atoms with Crippen LogP contribution >= 0.6 is 0 Å². The lowest BCUT2D eigenvalue weighted by Crippen LogP contribution is -2.30. The summed E-state index contributed by atoms with van der Waals surface area (Å²) in [6.45, 7) is 8.17. The monoisotopic (exact) mass is 219 g/mol. The summed E-state index contributed by atoms with van der Waals surface area (Å²) in [4.78, 5) is 11.5. The molecule has 1 aromatic rings. The zero-order chi connectivity index (χ0) is 12.1. The number of amides is 1. The maximum Gasteiger partial charge on any atom is 0.220 e. The van der Waals surface area contributed by atoms with Crippen molar-refractivity contribution in [2.45, 2.75) is 46.6 Å². The van der Waals surface area contributed by atoms with Gasteiger partial charge in [0.25, 0.3) is 0 Å². The van der Waals surface area contributed by atoms with Gasteiger partial charge in [-0.05, 0) is 50.8 Å². The molecule has 0 heterocycles. The Morgan fingerprint density at radius 2 is 1.94 bits per heavy atom. The number of carbonyl (C=O) groups excluding carboxylic acids is 1. The predicted octanol–water partition coefficient (Wildman–Crippen LogP) is 2.76. The van der Waals surface area contributed by atoms with Crippen molar-refractivity contribution in [3.63, 3.8) is 0 Å². The first-order chi connectivity index (χ1) is 7.49. The topological polar surface area (TPSA) is 29.1 Å². The zero-order valence-corrected chi connectivity index (χ0v) is 10.6. The van der Waals surface area contributed by atoms with Crippen LogP contribution in [0.3, 0.4) is 0 Å². The SMILES string of the molecule is Cc1ccc(CCC(=O)NC(C)C)cc1C. The Hall–Kier alpha value is -1.31. The quantitative estimate of drug-likeness (QED) is 0.829. The van der Waals surface area contributed by atoms with Gasteiger partial charge in [-0.3, -0.25) is 4.79 Å². The van der Waals surface area contributed by atoms with E-state index in [4.69, 9.17) is 0 Å². The van der Waals surface area contributed by atoms with E-state index in [2.05, 4.69) is 37.4 Å². The van der Waals surface area contributed by atoms with E-state index in [0.29, 0.717) is 6.42 Å². The van der Waals surface area contributed by atoms with Gasteiger partial charge in [0, 0.05) is 12.5 Å². The van der Waals surface area contributed by atoms with E-state index in [9.17, 15) is 4.79 Å². The third kappa shape index (κ3) is 4.05. The third-order valence-corrected chi connectivity index (χ3v) is 2.66. The Kier molecular flexibility index (Phi) is 4.53. The van der Waals surface area contributed by atoms with Crippen LogP contribution in [-0.2, 0) is 11.2 Å². The molecular formula is C14H21NO. The molecule has 2 nitrogen and oxygen atoms in total. The Labute approximate surface area is 98.1 Å². The number of benzene rings is 1. The van der Waals surface area contributed by atoms with Gasteiger partial charge in [0.1, 0.15) is 0 Å². The normalized spacial score (nSPS) is 10.6. The molecule has 0 aromatic heterocycles. The molecule has 16 heavy (non-hydrogen) atoms. The van der Waals surface area contributed by atoms with Crippen molar-refractivity contribution < 1.29 is 4.79 Å². The first-order valence-electron chi connectivity index (χ1n) is 5.84. The van der Waals surface area contributed by atoms with E-state index < -0.39 is 0 Å². The van der Waals surface area contributed by atoms with Crippen molar-refractivity contribution in [3.05, 3.63) is 34.9 Å². The van der Waals surface area contributed by atoms with Crippen LogP contribution in [0, 0.1) is 13.8 Å². The molecule has 0 unspecified atom stereocenters. The second kappa shape index (κ2) is 5.69. The van der Waals surface area contributed by atoms with Crippen molar-refractivity contribution >= 4 is 5.91 Å². The van der Waals surface area contributed by atoms with Gasteiger partial charge in [0.2, 0.25) is 5.91 Å². The van der Waals surface area contributed by atoms with Crippen molar-refractivity contribution in [1.29, 1.82) is 0 Å². The molecule has 88 valence electrons. The van der Waals surface area contributed by atoms with E-state index in [0.717, 1.165) is 6.42 Å². The lowest BCUT2D eigenvalue weighted by molar-refractivity contribution is -0.121. The van der Waals surface area contributed by atoms with Crippen LogP contribution in [0.2, 0.25) is 0 Å². The summed E-state index contributed by atoms with van der Waals surface area (Å²) < 4.78 is 0. The van der Waals surface area contributed by atoms with E-state index in [-0.39, 0.29) is 11.9 Å². The second-order valence-electron chi connectivity index (χ2n) is 4.64. The minimum absolute atomic E-state index is 0.133. The summed E-state index contributed by atoms with van der Waals surface area (Å²) in [6.07, 6.45) is 1.39. The summed E-state index contributed by atoms with van der Waals surface area (Å²) in [5.41, 5.74) is 3.83. The Morgan fingerprint density at radius 1 is 1.25 bits per heavy atom. The summed E-state index contributed by atoms with van der Waals surface area (Å²) in [7, 11) is 0. The Morgan fingerprint density at radius 3 is 2.50 bits per heavy atom. The van der Waals surface area contributed by atoms with Crippen molar-refractivity contribution in [2.24, 2.45) is 0 Å². The van der Waals surface area contributed by atoms with E-state index in [1.165, 1.54) is 16.7 Å². The highest BCUT2D eigenvalue weighted by atomic mass is 16.1. The van der Waals surface area contributed by atoms with Crippen LogP contribution in [-0.4, -0.2) is 11.9 Å². The van der Waals surface area contributed by atoms with E-state index >= 15 is 0 Å². The number of rotatable bonds is 4. The molecule has 0 atom stereocenters. The first kappa shape index (κ1) is 12.8. The molecule has 0 aliphatic heterocycles. The molecule has 0 saturated carbocycles. The highest BCUT2D eigenvalue weighted by Crippen LogP contribution is 2.11. The van der Waals surface area contributed by atoms with Crippen LogP contribution < -0.4 is 5.32 Å². The molecule has 0 spiro atoms. The van der Waals surface area contributed by atoms with Gasteiger partial charge in [-0.15, -0.1) is 0 Å². The fraction of sp³-hybridized carbons (Fsp3) is 0.500. The highest BCUT2D eigenvalue weighted by molar-refractivity contribution is 5.76. The molecule has 0 fully saturated rings. The third-order valence-electron chi connectivity index (χ3n) is 2.66. The van der Waals surface area contributed by atoms with Crippen molar-refractivity contribution in [1.82, 2.24) is 5.32 Å². The van der Waals surface area contributed by atoms with Crippen LogP contribution in [0.5, 0.6) is 0 Å². The molecule has 2 heteroatoms. The Bertz CT molecular complexity index is 369. The van der Waals surface area contributed by atoms with Gasteiger partial charge in [-0.2, -0.15) is 0 Å². The minimum Gasteiger partial charge on any atom is -0.354 e. The fourth-order valence-electron chi connectivity index (χ4n) is 1.61. The van der Waals surface area contributed by atoms with Gasteiger partial charge in [-0.25, -0.2) is 0 Å². The van der Waals surface area contributed by atoms with Crippen LogP contribution in [0.4, 0.5) is 0 Å². The summed E-state index contributed by atoms with van der Waals surface area (Å²) in [5, 5.41) is 2.90. The molecule has 0 radical (unpaired) electrons. The van der Waals surface area contributed by atoms with E-state index in [1.54, 1.807) is 0 Å². The van der Waals surface area contributed by atoms with Gasteiger partial charge < -0.3 is 5.32 Å². The van der Waals surface area contributed by atoms with Gasteiger partial charge >= 0.3 is 0 Å². The maximum absolute atomic E-state index is 11.5. The average molecular weight is 219 g/mol. The molecule has 1 N–H and O–H groups in total. The second-order valence-corrected chi connectivity index (χ2v) is 4.64. The summed E-state index contributed by atoms with van der Waals surface area (Å²) >= 11 is 0. The minimum atomic E-state index is 0.133. The summed E-state index contributed by atoms with van der Waals surface area (Å²) in [5.74, 6) is 0.133. The number of hydrogen-bond donors (Lipinski definition) is 1. The average Bonchev–Trinajstić information content (AvgIpc) is 2.19. The number of hydrogen-bond acceptors (Lipinski definition) is 1. The zero-order valence-electron chi connectivity index (χ0n) is 10.6. The van der Waals surface area contributed by atoms with Gasteiger partial charge in [0.15, 0.2) is 0 Å². The highest BCUT2D eigenvalue weighted by Gasteiger charge is 2.04. The number of nitrogens with one attached hydrogen (secondary N) is 1. The van der Waals surface area contributed by atoms with Crippen molar-refractivity contribution in [3.8, 4) is 0 Å². The Balaban J connectivity index is 2.48. The number of aryl methyl sites for hydroxylation is 3. The van der Waals surface area contributed by atoms with Crippen molar-refractivity contribution in [2.75, 3.05) is 0 Å². The first-order valence-corrected chi connectivity index (χ1v) is 5.84. The molecule has 1 rings (SSSR count). The predicted molar refractivity (Wildman–Crippen MR) is 67.5 cm³/mol. The molecule has 1 aromatic carbocycles. The standard InChI is InChI=1S/C14H21NO/c1-10(2)15-14(16)8-7-13-6-5-11(3)12(4)9-13/h5-6,9-10H,7-8H2,1-4H3,(H,15,16). The number of carbonyl (C=O) groups is 1. The van der Waals surface area contributed by atoms with Gasteiger partial charge in [0.05, 0.1) is 0 Å². The van der Waals surface area contributed by atoms with Gasteiger partial charge in [-0.1, -0.05) is 18.2 Å². The molecule has 0 bridgehead atoms. The van der Waals surface area contributed by atoms with Crippen LogP contribution in [0.15, 0.2) is 18.2 Å².